The van der Waals surface area contributed by atoms with E-state index in [0.29, 0.717) is 0 Å². The normalized spacial score (nSPS) is 22.8. The molecule has 0 aromatic heterocycles. The van der Waals surface area contributed by atoms with E-state index in [2.05, 4.69) is 0 Å². The Morgan fingerprint density at radius 1 is 1.30 bits per heavy atom. The summed E-state index contributed by atoms with van der Waals surface area (Å²) in [5.41, 5.74) is 5.27. The van der Waals surface area contributed by atoms with E-state index in [1.165, 1.54) is 4.90 Å². The molecule has 2 aliphatic rings. The minimum Gasteiger partial charge on any atom is -0.338 e. The summed E-state index contributed by atoms with van der Waals surface area (Å²) in [7, 11) is 0. The van der Waals surface area contributed by atoms with Crippen LogP contribution in [0, 0.1) is 0 Å². The van der Waals surface area contributed by atoms with Crippen molar-refractivity contribution in [1.29, 1.82) is 0 Å². The molecule has 0 saturated carbocycles. The fourth-order valence-electron chi connectivity index (χ4n) is 2.56. The van der Waals surface area contributed by atoms with Gasteiger partial charge in [-0.05, 0) is 19.3 Å². The topological polar surface area (TPSA) is 49.6 Å². The average Bonchev–Trinajstić information content (AvgIpc) is 2.40. The maximum Gasteiger partial charge on any atom is 0.412 e. The van der Waals surface area contributed by atoms with Crippen LogP contribution in [0.3, 0.4) is 0 Å². The van der Waals surface area contributed by atoms with E-state index in [1.54, 1.807) is 0 Å². The van der Waals surface area contributed by atoms with Gasteiger partial charge in [0.1, 0.15) is 0 Å². The van der Waals surface area contributed by atoms with Gasteiger partial charge in [0.15, 0.2) is 0 Å². The lowest BCUT2D eigenvalue weighted by Gasteiger charge is -2.33. The molecule has 1 amide bonds. The Labute approximate surface area is 116 Å². The van der Waals surface area contributed by atoms with Crippen LogP contribution in [0.15, 0.2) is 11.6 Å². The Kier molecular flexibility index (Phi) is 4.70. The number of hydrogen-bond acceptors (Lipinski definition) is 3. The molecule has 0 unspecified atom stereocenters. The number of carbonyl (C=O) groups is 1. The molecule has 0 bridgehead atoms. The molecule has 0 atom stereocenters. The summed E-state index contributed by atoms with van der Waals surface area (Å²) in [5.74, 6) is -0.0991. The summed E-state index contributed by atoms with van der Waals surface area (Å²) in [6.07, 6.45) is -1.53. The molecule has 7 heteroatoms. The van der Waals surface area contributed by atoms with Gasteiger partial charge in [-0.15, -0.1) is 0 Å². The van der Waals surface area contributed by atoms with Crippen LogP contribution in [0.2, 0.25) is 0 Å². The first-order valence-corrected chi connectivity index (χ1v) is 6.88. The number of carbonyl (C=O) groups excluding carboxylic acids is 1. The lowest BCUT2D eigenvalue weighted by atomic mass is 10.1. The second-order valence-electron chi connectivity index (χ2n) is 5.43. The molecule has 0 aromatic carbocycles. The summed E-state index contributed by atoms with van der Waals surface area (Å²) in [6, 6.07) is 0.202. The molecule has 0 radical (unpaired) electrons. The van der Waals surface area contributed by atoms with E-state index in [0.717, 1.165) is 32.0 Å². The Morgan fingerprint density at radius 3 is 2.45 bits per heavy atom. The highest BCUT2D eigenvalue weighted by molar-refractivity contribution is 5.78. The van der Waals surface area contributed by atoms with Crippen LogP contribution in [-0.4, -0.2) is 60.6 Å². The second-order valence-corrected chi connectivity index (χ2v) is 5.43. The van der Waals surface area contributed by atoms with Gasteiger partial charge in [-0.3, -0.25) is 9.69 Å². The summed E-state index contributed by atoms with van der Waals surface area (Å²) in [4.78, 5) is 15.6. The van der Waals surface area contributed by atoms with Crippen LogP contribution < -0.4 is 5.73 Å². The Hall–Kier alpha value is -1.08. The molecular weight excluding hydrogens is 271 g/mol. The third-order valence-corrected chi connectivity index (χ3v) is 3.92. The Bertz CT molecular complexity index is 387. The summed E-state index contributed by atoms with van der Waals surface area (Å²) in [6.45, 7) is 2.05. The van der Waals surface area contributed by atoms with Crippen molar-refractivity contribution in [2.45, 2.75) is 31.5 Å². The fourth-order valence-corrected chi connectivity index (χ4v) is 2.56. The summed E-state index contributed by atoms with van der Waals surface area (Å²) < 4.78 is 37.5. The van der Waals surface area contributed by atoms with Crippen LogP contribution in [-0.2, 0) is 4.79 Å². The first-order chi connectivity index (χ1) is 9.36. The van der Waals surface area contributed by atoms with Crippen LogP contribution in [0.4, 0.5) is 13.2 Å². The smallest absolute Gasteiger partial charge is 0.338 e. The SMILES string of the molecule is NC1CCN(CC(=O)N2CC=C(C(F)(F)F)CC2)CC1. The van der Waals surface area contributed by atoms with Crippen molar-refractivity contribution < 1.29 is 18.0 Å². The molecule has 1 fully saturated rings. The van der Waals surface area contributed by atoms with Crippen molar-refractivity contribution in [3.05, 3.63) is 11.6 Å². The Balaban J connectivity index is 1.82. The maximum absolute atomic E-state index is 12.5. The average molecular weight is 291 g/mol. The summed E-state index contributed by atoms with van der Waals surface area (Å²) in [5, 5.41) is 0. The molecule has 0 aliphatic carbocycles. The monoisotopic (exact) mass is 291 g/mol. The third kappa shape index (κ3) is 3.96. The number of piperidine rings is 1. The molecule has 2 aliphatic heterocycles. The highest BCUT2D eigenvalue weighted by Crippen LogP contribution is 2.30. The van der Waals surface area contributed by atoms with E-state index in [-0.39, 0.29) is 38.0 Å². The van der Waals surface area contributed by atoms with Gasteiger partial charge >= 0.3 is 6.18 Å². The molecule has 0 aromatic rings. The van der Waals surface area contributed by atoms with Crippen molar-refractivity contribution in [3.63, 3.8) is 0 Å². The predicted octanol–water partition coefficient (Wildman–Crippen LogP) is 1.13. The van der Waals surface area contributed by atoms with Crippen molar-refractivity contribution in [3.8, 4) is 0 Å². The number of amides is 1. The van der Waals surface area contributed by atoms with E-state index in [4.69, 9.17) is 5.73 Å². The second kappa shape index (κ2) is 6.13. The zero-order valence-electron chi connectivity index (χ0n) is 11.3. The molecule has 4 nitrogen and oxygen atoms in total. The molecule has 2 heterocycles. The van der Waals surface area contributed by atoms with Gasteiger partial charge in [0, 0.05) is 37.8 Å². The highest BCUT2D eigenvalue weighted by atomic mass is 19.4. The van der Waals surface area contributed by atoms with Crippen molar-refractivity contribution in [2.24, 2.45) is 5.73 Å². The lowest BCUT2D eigenvalue weighted by molar-refractivity contribution is -0.133. The van der Waals surface area contributed by atoms with Gasteiger partial charge in [-0.1, -0.05) is 6.08 Å². The zero-order chi connectivity index (χ0) is 14.8. The van der Waals surface area contributed by atoms with Crippen molar-refractivity contribution >= 4 is 5.91 Å². The number of alkyl halides is 3. The first-order valence-electron chi connectivity index (χ1n) is 6.88. The zero-order valence-corrected chi connectivity index (χ0v) is 11.3. The van der Waals surface area contributed by atoms with Crippen LogP contribution in [0.25, 0.3) is 0 Å². The third-order valence-electron chi connectivity index (χ3n) is 3.92. The number of nitrogens with two attached hydrogens (primary N) is 1. The van der Waals surface area contributed by atoms with E-state index < -0.39 is 11.7 Å². The van der Waals surface area contributed by atoms with Gasteiger partial charge in [0.2, 0.25) is 5.91 Å². The van der Waals surface area contributed by atoms with Crippen LogP contribution in [0.5, 0.6) is 0 Å². The number of halogens is 3. The molecule has 0 spiro atoms. The molecule has 2 rings (SSSR count). The fraction of sp³-hybridized carbons (Fsp3) is 0.769. The molecular formula is C13H20F3N3O. The van der Waals surface area contributed by atoms with E-state index >= 15 is 0 Å². The first kappa shape index (κ1) is 15.3. The lowest BCUT2D eigenvalue weighted by Crippen LogP contribution is -2.47. The Morgan fingerprint density at radius 2 is 1.95 bits per heavy atom. The molecule has 1 saturated heterocycles. The van der Waals surface area contributed by atoms with Crippen molar-refractivity contribution in [1.82, 2.24) is 9.80 Å². The van der Waals surface area contributed by atoms with Crippen LogP contribution >= 0.6 is 0 Å². The standard InChI is InChI=1S/C13H20F3N3O/c14-13(15,16)10-1-7-19(8-2-10)12(20)9-18-5-3-11(17)4-6-18/h1,11H,2-9,17H2. The number of hydrogen-bond donors (Lipinski definition) is 1. The highest BCUT2D eigenvalue weighted by Gasteiger charge is 2.35. The maximum atomic E-state index is 12.5. The van der Waals surface area contributed by atoms with Gasteiger partial charge in [0.05, 0.1) is 6.54 Å². The largest absolute Gasteiger partial charge is 0.412 e. The van der Waals surface area contributed by atoms with Gasteiger partial charge in [-0.2, -0.15) is 13.2 Å². The summed E-state index contributed by atoms with van der Waals surface area (Å²) >= 11 is 0. The van der Waals surface area contributed by atoms with Gasteiger partial charge < -0.3 is 10.6 Å². The predicted molar refractivity (Wildman–Crippen MR) is 69.0 cm³/mol. The number of nitrogens with zero attached hydrogens (tertiary/aromatic N) is 2. The number of likely N-dealkylation sites (tertiary alicyclic amines) is 1. The van der Waals surface area contributed by atoms with Crippen molar-refractivity contribution in [2.75, 3.05) is 32.7 Å². The van der Waals surface area contributed by atoms with E-state index in [1.807, 2.05) is 4.90 Å². The molecule has 20 heavy (non-hydrogen) atoms. The minimum atomic E-state index is -4.27. The van der Waals surface area contributed by atoms with Gasteiger partial charge in [-0.25, -0.2) is 0 Å². The quantitative estimate of drug-likeness (QED) is 0.776. The van der Waals surface area contributed by atoms with Gasteiger partial charge in [0.25, 0.3) is 0 Å². The minimum absolute atomic E-state index is 0.0566. The molecule has 2 N–H and O–H groups in total. The molecule has 114 valence electrons. The van der Waals surface area contributed by atoms with E-state index in [9.17, 15) is 18.0 Å². The van der Waals surface area contributed by atoms with Crippen LogP contribution in [0.1, 0.15) is 19.3 Å². The number of rotatable bonds is 2.